The van der Waals surface area contributed by atoms with E-state index in [2.05, 4.69) is 6.92 Å². The van der Waals surface area contributed by atoms with Crippen molar-refractivity contribution in [3.8, 4) is 0 Å². The van der Waals surface area contributed by atoms with Crippen molar-refractivity contribution in [1.29, 1.82) is 0 Å². The third-order valence-electron chi connectivity index (χ3n) is 4.21. The van der Waals surface area contributed by atoms with Crippen LogP contribution in [0.2, 0.25) is 0 Å². The molecule has 1 unspecified atom stereocenters. The van der Waals surface area contributed by atoms with E-state index in [0.29, 0.717) is 17.9 Å². The summed E-state index contributed by atoms with van der Waals surface area (Å²) in [6, 6.07) is 0. The van der Waals surface area contributed by atoms with Gasteiger partial charge < -0.3 is 5.11 Å². The number of rotatable bonds is 4. The molecule has 19 heavy (non-hydrogen) atoms. The third-order valence-corrected chi connectivity index (χ3v) is 5.48. The molecule has 1 atom stereocenters. The first-order valence-corrected chi connectivity index (χ1v) is 7.80. The zero-order chi connectivity index (χ0) is 13.6. The number of hydrogen-bond donors (Lipinski definition) is 1. The number of carbonyl (C=O) groups is 2. The van der Waals surface area contributed by atoms with E-state index >= 15 is 0 Å². The Kier molecular flexibility index (Phi) is 3.21. The maximum Gasteiger partial charge on any atom is 0.337 e. The molecule has 2 aliphatic carbocycles. The fourth-order valence-corrected chi connectivity index (χ4v) is 4.50. The molecule has 3 nitrogen and oxygen atoms in total. The van der Waals surface area contributed by atoms with Crippen molar-refractivity contribution in [2.45, 2.75) is 51.4 Å². The summed E-state index contributed by atoms with van der Waals surface area (Å²) in [5.41, 5.74) is 1.46. The number of ketones is 1. The van der Waals surface area contributed by atoms with Crippen molar-refractivity contribution in [2.75, 3.05) is 0 Å². The topological polar surface area (TPSA) is 54.4 Å². The lowest BCUT2D eigenvalue weighted by molar-refractivity contribution is -0.119. The highest BCUT2D eigenvalue weighted by Gasteiger charge is 2.33. The molecule has 0 radical (unpaired) electrons. The molecule has 3 rings (SSSR count). The molecule has 1 fully saturated rings. The minimum atomic E-state index is -0.857. The summed E-state index contributed by atoms with van der Waals surface area (Å²) in [6.07, 6.45) is 5.47. The van der Waals surface area contributed by atoms with Gasteiger partial charge in [-0.1, -0.05) is 6.92 Å². The monoisotopic (exact) mass is 278 g/mol. The van der Waals surface area contributed by atoms with Crippen LogP contribution in [0.3, 0.4) is 0 Å². The lowest BCUT2D eigenvalue weighted by Crippen LogP contribution is -2.12. The van der Waals surface area contributed by atoms with Crippen LogP contribution in [-0.4, -0.2) is 16.9 Å². The highest BCUT2D eigenvalue weighted by molar-refractivity contribution is 7.12. The molecular formula is C15H18O3S. The van der Waals surface area contributed by atoms with Gasteiger partial charge in [-0.25, -0.2) is 4.79 Å². The van der Waals surface area contributed by atoms with Crippen molar-refractivity contribution < 1.29 is 14.7 Å². The zero-order valence-electron chi connectivity index (χ0n) is 11.1. The van der Waals surface area contributed by atoms with Crippen LogP contribution < -0.4 is 0 Å². The highest BCUT2D eigenvalue weighted by Crippen LogP contribution is 2.42. The number of carbonyl (C=O) groups excluding carboxylic acids is 1. The van der Waals surface area contributed by atoms with Gasteiger partial charge in [0.1, 0.15) is 5.78 Å². The van der Waals surface area contributed by atoms with Gasteiger partial charge >= 0.3 is 5.97 Å². The van der Waals surface area contributed by atoms with Crippen LogP contribution in [0.5, 0.6) is 0 Å². The number of carboxylic acids is 1. The van der Waals surface area contributed by atoms with E-state index in [1.807, 2.05) is 0 Å². The molecule has 1 heterocycles. The number of thiophene rings is 1. The van der Waals surface area contributed by atoms with E-state index in [9.17, 15) is 14.7 Å². The second-order valence-electron chi connectivity index (χ2n) is 5.75. The smallest absolute Gasteiger partial charge is 0.337 e. The summed E-state index contributed by atoms with van der Waals surface area (Å²) in [6.45, 7) is 2.10. The molecule has 1 aromatic rings. The van der Waals surface area contributed by atoms with Crippen LogP contribution in [0.1, 0.15) is 64.2 Å². The number of aromatic carboxylic acids is 1. The van der Waals surface area contributed by atoms with Gasteiger partial charge in [-0.2, -0.15) is 0 Å². The maximum absolute atomic E-state index is 12.0. The third kappa shape index (κ3) is 2.34. The Balaban J connectivity index is 1.98. The Bertz CT molecular complexity index is 540. The Hall–Kier alpha value is -1.16. The predicted octanol–water partition coefficient (Wildman–Crippen LogP) is 3.41. The second-order valence-corrected chi connectivity index (χ2v) is 6.94. The van der Waals surface area contributed by atoms with Gasteiger partial charge in [0.05, 0.1) is 5.56 Å². The van der Waals surface area contributed by atoms with E-state index in [0.717, 1.165) is 42.5 Å². The molecule has 1 aromatic heterocycles. The lowest BCUT2D eigenvalue weighted by Gasteiger charge is -2.19. The van der Waals surface area contributed by atoms with Gasteiger partial charge in [0.15, 0.2) is 0 Å². The van der Waals surface area contributed by atoms with Crippen molar-refractivity contribution in [2.24, 2.45) is 5.92 Å². The predicted molar refractivity (Wildman–Crippen MR) is 74.1 cm³/mol. The van der Waals surface area contributed by atoms with Crippen molar-refractivity contribution in [3.05, 3.63) is 20.9 Å². The van der Waals surface area contributed by atoms with E-state index in [4.69, 9.17) is 0 Å². The fraction of sp³-hybridized carbons (Fsp3) is 0.600. The van der Waals surface area contributed by atoms with Gasteiger partial charge in [-0.15, -0.1) is 11.3 Å². The highest BCUT2D eigenvalue weighted by atomic mass is 32.1. The van der Waals surface area contributed by atoms with Crippen molar-refractivity contribution in [3.63, 3.8) is 0 Å². The maximum atomic E-state index is 12.0. The Labute approximate surface area is 116 Å². The van der Waals surface area contributed by atoms with Gasteiger partial charge in [0, 0.05) is 22.1 Å². The van der Waals surface area contributed by atoms with E-state index < -0.39 is 5.97 Å². The quantitative estimate of drug-likeness (QED) is 0.918. The van der Waals surface area contributed by atoms with Gasteiger partial charge in [-0.3, -0.25) is 4.79 Å². The zero-order valence-corrected chi connectivity index (χ0v) is 11.9. The normalized spacial score (nSPS) is 22.1. The van der Waals surface area contributed by atoms with Gasteiger partial charge in [-0.05, 0) is 43.6 Å². The molecule has 102 valence electrons. The number of aryl methyl sites for hydroxylation is 1. The summed E-state index contributed by atoms with van der Waals surface area (Å²) < 4.78 is 0. The Morgan fingerprint density at radius 2 is 2.05 bits per heavy atom. The summed E-state index contributed by atoms with van der Waals surface area (Å²) in [5.74, 6) is -0.104. The van der Waals surface area contributed by atoms with E-state index in [1.165, 1.54) is 4.88 Å². The standard InChI is InChI=1S/C15H18O3S/c1-8-3-2-4-11-13(8)14(15(17)18)12(19-11)7-10(16)9-5-6-9/h8-9H,2-7H2,1H3,(H,17,18). The number of fused-ring (bicyclic) bond motifs is 1. The summed E-state index contributed by atoms with van der Waals surface area (Å²) in [7, 11) is 0. The summed E-state index contributed by atoms with van der Waals surface area (Å²) in [5, 5.41) is 9.49. The van der Waals surface area contributed by atoms with E-state index in [-0.39, 0.29) is 11.7 Å². The molecular weight excluding hydrogens is 260 g/mol. The minimum absolute atomic E-state index is 0.207. The average molecular weight is 278 g/mol. The van der Waals surface area contributed by atoms with Gasteiger partial charge in [0.2, 0.25) is 0 Å². The average Bonchev–Trinajstić information content (AvgIpc) is 3.11. The Morgan fingerprint density at radius 3 is 2.68 bits per heavy atom. The molecule has 1 N–H and O–H groups in total. The van der Waals surface area contributed by atoms with Crippen LogP contribution in [0, 0.1) is 5.92 Å². The van der Waals surface area contributed by atoms with Gasteiger partial charge in [0.25, 0.3) is 0 Å². The lowest BCUT2D eigenvalue weighted by atomic mass is 9.85. The van der Waals surface area contributed by atoms with Crippen LogP contribution in [0.25, 0.3) is 0 Å². The molecule has 0 spiro atoms. The molecule has 1 saturated carbocycles. The molecule has 4 heteroatoms. The summed E-state index contributed by atoms with van der Waals surface area (Å²) in [4.78, 5) is 25.5. The first-order valence-electron chi connectivity index (χ1n) is 6.98. The molecule has 0 saturated heterocycles. The molecule has 0 aliphatic heterocycles. The first-order chi connectivity index (χ1) is 9.08. The largest absolute Gasteiger partial charge is 0.478 e. The Morgan fingerprint density at radius 1 is 1.32 bits per heavy atom. The number of carboxylic acid groups (broad SMARTS) is 1. The van der Waals surface area contributed by atoms with Crippen LogP contribution in [-0.2, 0) is 17.6 Å². The number of Topliss-reactive ketones (excluding diaryl/α,β-unsaturated/α-hetero) is 1. The van der Waals surface area contributed by atoms with Crippen molar-refractivity contribution >= 4 is 23.1 Å². The molecule has 0 amide bonds. The minimum Gasteiger partial charge on any atom is -0.478 e. The molecule has 2 aliphatic rings. The number of hydrogen-bond acceptors (Lipinski definition) is 3. The van der Waals surface area contributed by atoms with Crippen molar-refractivity contribution in [1.82, 2.24) is 0 Å². The SMILES string of the molecule is CC1CCCc2sc(CC(=O)C3CC3)c(C(=O)O)c21. The molecule has 0 bridgehead atoms. The summed E-state index contributed by atoms with van der Waals surface area (Å²) >= 11 is 1.57. The first kappa shape index (κ1) is 12.9. The fourth-order valence-electron chi connectivity index (χ4n) is 3.03. The van der Waals surface area contributed by atoms with Crippen LogP contribution >= 0.6 is 11.3 Å². The van der Waals surface area contributed by atoms with E-state index in [1.54, 1.807) is 11.3 Å². The molecule has 0 aromatic carbocycles. The van der Waals surface area contributed by atoms with Crippen LogP contribution in [0.4, 0.5) is 0 Å². The second kappa shape index (κ2) is 4.75. The van der Waals surface area contributed by atoms with Crippen LogP contribution in [0.15, 0.2) is 0 Å².